The summed E-state index contributed by atoms with van der Waals surface area (Å²) in [7, 11) is 0. The van der Waals surface area contributed by atoms with Crippen LogP contribution in [0.3, 0.4) is 0 Å². The average molecular weight is 481 g/mol. The van der Waals surface area contributed by atoms with Gasteiger partial charge >= 0.3 is 5.97 Å². The molecule has 164 valence electrons. The molecule has 0 spiro atoms. The number of aliphatic carboxylic acids is 1. The fourth-order valence-electron chi connectivity index (χ4n) is 2.89. The largest absolute Gasteiger partial charge is 0.484 e. The van der Waals surface area contributed by atoms with Crippen LogP contribution in [0.1, 0.15) is 10.0 Å². The number of thiol groups is 2. The number of hydrogen-bond acceptors (Lipinski definition) is 9. The standard InChI is InChI=1S/C19H20N4O5S3/c1-11-21-22-18(31-11)19(29,30)8-7-13-16(17(27)23(13)9-15(25)26)20-14(24)10-28-12-5-3-2-4-6-12/h2-8,13,16,29-30H,9-10H2,1H3,(H,20,24)(H,25,26). The molecular weight excluding hydrogens is 460 g/mol. The number of β-lactam (4-membered cyclic amide) rings is 1. The summed E-state index contributed by atoms with van der Waals surface area (Å²) in [4.78, 5) is 37.0. The predicted octanol–water partition coefficient (Wildman–Crippen LogP) is 1.27. The molecule has 0 bridgehead atoms. The minimum atomic E-state index is -1.16. The molecule has 9 nitrogen and oxygen atoms in total. The molecule has 1 aliphatic rings. The lowest BCUT2D eigenvalue weighted by molar-refractivity contribution is -0.157. The summed E-state index contributed by atoms with van der Waals surface area (Å²) >= 11 is 10.3. The van der Waals surface area contributed by atoms with Crippen molar-refractivity contribution in [3.8, 4) is 5.75 Å². The maximum Gasteiger partial charge on any atom is 0.323 e. The van der Waals surface area contributed by atoms with Gasteiger partial charge in [-0.3, -0.25) is 14.4 Å². The molecule has 2 atom stereocenters. The van der Waals surface area contributed by atoms with Crippen LogP contribution in [0, 0.1) is 6.92 Å². The van der Waals surface area contributed by atoms with Gasteiger partial charge in [-0.05, 0) is 19.1 Å². The van der Waals surface area contributed by atoms with Crippen molar-refractivity contribution >= 4 is 54.4 Å². The number of carbonyl (C=O) groups is 3. The van der Waals surface area contributed by atoms with Gasteiger partial charge in [-0.2, -0.15) is 25.3 Å². The summed E-state index contributed by atoms with van der Waals surface area (Å²) in [5, 5.41) is 20.9. The fourth-order valence-corrected chi connectivity index (χ4v) is 4.09. The minimum absolute atomic E-state index is 0.281. The summed E-state index contributed by atoms with van der Waals surface area (Å²) in [6.07, 6.45) is 3.18. The molecular formula is C19H20N4O5S3. The van der Waals surface area contributed by atoms with Crippen molar-refractivity contribution in [3.05, 3.63) is 52.5 Å². The summed E-state index contributed by atoms with van der Waals surface area (Å²) in [6.45, 7) is 1.02. The molecule has 2 aromatic rings. The number of likely N-dealkylation sites (tertiary alicyclic amines) is 1. The summed E-state index contributed by atoms with van der Waals surface area (Å²) in [6, 6.07) is 7.17. The van der Waals surface area contributed by atoms with Crippen LogP contribution >= 0.6 is 36.6 Å². The number of nitrogens with one attached hydrogen (secondary N) is 1. The van der Waals surface area contributed by atoms with Crippen LogP contribution in [0.5, 0.6) is 5.75 Å². The first-order chi connectivity index (χ1) is 14.7. The number of aryl methyl sites for hydroxylation is 1. The number of ether oxygens (including phenoxy) is 1. The van der Waals surface area contributed by atoms with E-state index in [4.69, 9.17) is 9.84 Å². The smallest absolute Gasteiger partial charge is 0.323 e. The summed E-state index contributed by atoms with van der Waals surface area (Å²) < 4.78 is 4.31. The number of benzene rings is 1. The lowest BCUT2D eigenvalue weighted by atomic mass is 9.94. The molecule has 1 aromatic heterocycles. The van der Waals surface area contributed by atoms with E-state index >= 15 is 0 Å². The molecule has 0 radical (unpaired) electrons. The van der Waals surface area contributed by atoms with E-state index in [1.54, 1.807) is 43.3 Å². The second kappa shape index (κ2) is 9.71. The van der Waals surface area contributed by atoms with E-state index in [0.29, 0.717) is 10.8 Å². The van der Waals surface area contributed by atoms with E-state index in [0.717, 1.165) is 9.91 Å². The van der Waals surface area contributed by atoms with Gasteiger partial charge in [0.05, 0.1) is 6.04 Å². The molecule has 2 unspecified atom stereocenters. The molecule has 3 rings (SSSR count). The van der Waals surface area contributed by atoms with Crippen LogP contribution in [0.4, 0.5) is 0 Å². The Bertz CT molecular complexity index is 995. The monoisotopic (exact) mass is 480 g/mol. The number of hydrogen-bond donors (Lipinski definition) is 4. The summed E-state index contributed by atoms with van der Waals surface area (Å²) in [5.41, 5.74) is 0. The topological polar surface area (TPSA) is 122 Å². The maximum atomic E-state index is 12.4. The van der Waals surface area contributed by atoms with Gasteiger partial charge in [0, 0.05) is 0 Å². The molecule has 1 aromatic carbocycles. The van der Waals surface area contributed by atoms with Gasteiger partial charge in [0.15, 0.2) is 6.61 Å². The van der Waals surface area contributed by atoms with Gasteiger partial charge in [-0.25, -0.2) is 0 Å². The number of nitrogens with zero attached hydrogens (tertiary/aromatic N) is 3. The Balaban J connectivity index is 1.68. The van der Waals surface area contributed by atoms with Crippen molar-refractivity contribution < 1.29 is 24.2 Å². The number of carbonyl (C=O) groups excluding carboxylic acids is 2. The molecule has 2 heterocycles. The van der Waals surface area contributed by atoms with Crippen LogP contribution in [0.2, 0.25) is 0 Å². The van der Waals surface area contributed by atoms with E-state index in [2.05, 4.69) is 40.8 Å². The molecule has 1 aliphatic heterocycles. The molecule has 2 amide bonds. The van der Waals surface area contributed by atoms with Crippen molar-refractivity contribution in [2.45, 2.75) is 23.1 Å². The summed E-state index contributed by atoms with van der Waals surface area (Å²) in [5.74, 6) is -1.64. The average Bonchev–Trinajstić information content (AvgIpc) is 3.18. The Labute approximate surface area is 193 Å². The molecule has 12 heteroatoms. The third kappa shape index (κ3) is 5.77. The molecule has 31 heavy (non-hydrogen) atoms. The molecule has 1 fully saturated rings. The highest BCUT2D eigenvalue weighted by Crippen LogP contribution is 2.37. The molecule has 0 saturated carbocycles. The van der Waals surface area contributed by atoms with E-state index in [9.17, 15) is 14.4 Å². The Morgan fingerprint density at radius 1 is 1.32 bits per heavy atom. The maximum absolute atomic E-state index is 12.4. The highest BCUT2D eigenvalue weighted by atomic mass is 32.2. The van der Waals surface area contributed by atoms with Crippen molar-refractivity contribution in [3.63, 3.8) is 0 Å². The van der Waals surface area contributed by atoms with Crippen LogP contribution in [-0.4, -0.2) is 63.2 Å². The van der Waals surface area contributed by atoms with Gasteiger partial charge in [0.2, 0.25) is 5.91 Å². The third-order valence-electron chi connectivity index (χ3n) is 4.35. The second-order valence-corrected chi connectivity index (χ2v) is 9.65. The second-order valence-electron chi connectivity index (χ2n) is 6.71. The first-order valence-electron chi connectivity index (χ1n) is 9.11. The number of amides is 2. The van der Waals surface area contributed by atoms with Gasteiger partial charge < -0.3 is 20.1 Å². The van der Waals surface area contributed by atoms with Gasteiger partial charge in [0.25, 0.3) is 5.91 Å². The van der Waals surface area contributed by atoms with Crippen molar-refractivity contribution in [1.82, 2.24) is 20.4 Å². The predicted molar refractivity (Wildman–Crippen MR) is 120 cm³/mol. The SMILES string of the molecule is Cc1nnc(C(S)(S)C=CC2C(NC(=O)COc3ccccc3)C(=O)N2CC(=O)O)s1. The first-order valence-corrected chi connectivity index (χ1v) is 10.8. The van der Waals surface area contributed by atoms with Gasteiger partial charge in [0.1, 0.15) is 32.4 Å². The number of carboxylic acids is 1. The molecule has 2 N–H and O–H groups in total. The minimum Gasteiger partial charge on any atom is -0.484 e. The lowest BCUT2D eigenvalue weighted by Crippen LogP contribution is -2.71. The Morgan fingerprint density at radius 3 is 2.65 bits per heavy atom. The van der Waals surface area contributed by atoms with E-state index in [-0.39, 0.29) is 6.61 Å². The fraction of sp³-hybridized carbons (Fsp3) is 0.316. The normalized spacial score (nSPS) is 18.7. The lowest BCUT2D eigenvalue weighted by Gasteiger charge is -2.45. The number of rotatable bonds is 9. The zero-order chi connectivity index (χ0) is 22.6. The highest BCUT2D eigenvalue weighted by molar-refractivity contribution is 8.00. The zero-order valence-corrected chi connectivity index (χ0v) is 18.9. The van der Waals surface area contributed by atoms with Crippen LogP contribution in [0.25, 0.3) is 0 Å². The quantitative estimate of drug-likeness (QED) is 0.185. The number of carboxylic acid groups (broad SMARTS) is 1. The highest BCUT2D eigenvalue weighted by Gasteiger charge is 2.47. The Kier molecular flexibility index (Phi) is 7.23. The van der Waals surface area contributed by atoms with Gasteiger partial charge in [-0.15, -0.1) is 10.2 Å². The third-order valence-corrected chi connectivity index (χ3v) is 6.35. The molecule has 0 aliphatic carbocycles. The van der Waals surface area contributed by atoms with Crippen molar-refractivity contribution in [2.24, 2.45) is 0 Å². The van der Waals surface area contributed by atoms with Crippen molar-refractivity contribution in [2.75, 3.05) is 13.2 Å². The van der Waals surface area contributed by atoms with E-state index in [1.807, 2.05) is 6.07 Å². The van der Waals surface area contributed by atoms with Crippen LogP contribution in [0.15, 0.2) is 42.5 Å². The zero-order valence-electron chi connectivity index (χ0n) is 16.3. The molecule has 1 saturated heterocycles. The van der Waals surface area contributed by atoms with E-state index < -0.39 is 40.5 Å². The van der Waals surface area contributed by atoms with Crippen molar-refractivity contribution in [1.29, 1.82) is 0 Å². The Morgan fingerprint density at radius 2 is 2.03 bits per heavy atom. The number of para-hydroxylation sites is 1. The van der Waals surface area contributed by atoms with Gasteiger partial charge in [-0.1, -0.05) is 41.7 Å². The van der Waals surface area contributed by atoms with Crippen LogP contribution < -0.4 is 10.1 Å². The van der Waals surface area contributed by atoms with Crippen LogP contribution in [-0.2, 0) is 18.5 Å². The first kappa shape index (κ1) is 23.1. The van der Waals surface area contributed by atoms with E-state index in [1.165, 1.54) is 11.3 Å². The Hall–Kier alpha value is -2.57. The number of aromatic nitrogens is 2.